The van der Waals surface area contributed by atoms with E-state index in [4.69, 9.17) is 14.2 Å². The smallest absolute Gasteiger partial charge is 0.337 e. The molecule has 7 heteroatoms. The van der Waals surface area contributed by atoms with Gasteiger partial charge in [0.05, 0.1) is 11.5 Å². The average Bonchev–Trinajstić information content (AvgIpc) is 2.92. The number of Topliss-reactive ketones (excluding diaryl/α,β-unsaturated/α-hetero) is 1. The van der Waals surface area contributed by atoms with Crippen LogP contribution in [0, 0.1) is 5.92 Å². The van der Waals surface area contributed by atoms with Gasteiger partial charge in [0.15, 0.2) is 5.78 Å². The fourth-order valence-corrected chi connectivity index (χ4v) is 3.24. The predicted molar refractivity (Wildman–Crippen MR) is 105 cm³/mol. The van der Waals surface area contributed by atoms with Crippen LogP contribution in [0.3, 0.4) is 0 Å². The first-order valence-corrected chi connectivity index (χ1v) is 9.40. The minimum absolute atomic E-state index is 0.0651. The van der Waals surface area contributed by atoms with E-state index in [1.807, 2.05) is 6.92 Å². The van der Waals surface area contributed by atoms with E-state index in [9.17, 15) is 19.2 Å². The molecule has 7 nitrogen and oxygen atoms in total. The lowest BCUT2D eigenvalue weighted by Crippen LogP contribution is -2.34. The van der Waals surface area contributed by atoms with Crippen LogP contribution in [-0.2, 0) is 33.4 Å². The van der Waals surface area contributed by atoms with Crippen LogP contribution in [0.2, 0.25) is 0 Å². The second-order valence-corrected chi connectivity index (χ2v) is 7.19. The summed E-state index contributed by atoms with van der Waals surface area (Å²) in [5, 5.41) is 0. The van der Waals surface area contributed by atoms with Crippen LogP contribution in [0.25, 0.3) is 0 Å². The van der Waals surface area contributed by atoms with E-state index in [-0.39, 0.29) is 30.0 Å². The normalized spacial score (nSPS) is 25.4. The molecule has 3 unspecified atom stereocenters. The molecule has 1 fully saturated rings. The third-order valence-electron chi connectivity index (χ3n) is 4.98. The van der Waals surface area contributed by atoms with Crippen LogP contribution < -0.4 is 0 Å². The maximum absolute atomic E-state index is 12.7. The largest absolute Gasteiger partial charge is 0.461 e. The van der Waals surface area contributed by atoms with Crippen molar-refractivity contribution in [3.63, 3.8) is 0 Å². The zero-order valence-electron chi connectivity index (χ0n) is 17.2. The highest BCUT2D eigenvalue weighted by Gasteiger charge is 2.44. The molecule has 156 valence electrons. The zero-order valence-corrected chi connectivity index (χ0v) is 17.2. The lowest BCUT2D eigenvalue weighted by molar-refractivity contribution is -0.149. The Balaban J connectivity index is 2.35. The SMILES string of the molecule is C=C1C(=O)OC2C=C(C)C(=O)CC=C(C)CC(OC(=O)C(=CC)COC(C)=O)C12. The van der Waals surface area contributed by atoms with Crippen molar-refractivity contribution >= 4 is 23.7 Å². The van der Waals surface area contributed by atoms with Crippen molar-refractivity contribution in [2.45, 2.75) is 52.7 Å². The lowest BCUT2D eigenvalue weighted by atomic mass is 9.85. The van der Waals surface area contributed by atoms with Gasteiger partial charge in [0, 0.05) is 25.3 Å². The topological polar surface area (TPSA) is 96.0 Å². The minimum Gasteiger partial charge on any atom is -0.461 e. The van der Waals surface area contributed by atoms with E-state index in [0.29, 0.717) is 12.0 Å². The molecule has 3 atom stereocenters. The molecule has 29 heavy (non-hydrogen) atoms. The summed E-state index contributed by atoms with van der Waals surface area (Å²) in [6.07, 6.45) is 3.95. The summed E-state index contributed by atoms with van der Waals surface area (Å²) in [6.45, 7) is 10.00. The second-order valence-electron chi connectivity index (χ2n) is 7.19. The lowest BCUT2D eigenvalue weighted by Gasteiger charge is -2.27. The molecule has 0 radical (unpaired) electrons. The zero-order chi connectivity index (χ0) is 21.7. The van der Waals surface area contributed by atoms with Crippen LogP contribution in [0.5, 0.6) is 0 Å². The Morgan fingerprint density at radius 2 is 2.00 bits per heavy atom. The number of esters is 3. The Morgan fingerprint density at radius 3 is 2.62 bits per heavy atom. The summed E-state index contributed by atoms with van der Waals surface area (Å²) in [6, 6.07) is 0. The molecule has 0 aromatic rings. The first-order chi connectivity index (χ1) is 13.6. The van der Waals surface area contributed by atoms with E-state index in [1.165, 1.54) is 13.0 Å². The third kappa shape index (κ3) is 5.53. The number of ketones is 1. The summed E-state index contributed by atoms with van der Waals surface area (Å²) in [7, 11) is 0. The van der Waals surface area contributed by atoms with Crippen LogP contribution in [0.1, 0.15) is 40.5 Å². The van der Waals surface area contributed by atoms with E-state index >= 15 is 0 Å². The van der Waals surface area contributed by atoms with Crippen molar-refractivity contribution in [1.82, 2.24) is 0 Å². The molecule has 0 amide bonds. The van der Waals surface area contributed by atoms with E-state index in [0.717, 1.165) is 5.57 Å². The molecule has 1 aliphatic heterocycles. The first kappa shape index (κ1) is 22.3. The van der Waals surface area contributed by atoms with E-state index in [1.54, 1.807) is 26.0 Å². The molecule has 0 bridgehead atoms. The van der Waals surface area contributed by atoms with Crippen LogP contribution in [0.15, 0.2) is 47.1 Å². The highest BCUT2D eigenvalue weighted by atomic mass is 16.6. The van der Waals surface area contributed by atoms with Gasteiger partial charge in [-0.25, -0.2) is 9.59 Å². The van der Waals surface area contributed by atoms with Crippen LogP contribution in [0.4, 0.5) is 0 Å². The molecule has 1 heterocycles. The predicted octanol–water partition coefficient (Wildman–Crippen LogP) is 2.76. The standard InChI is InChI=1S/C22H26O7/c1-6-16(11-27-15(5)23)22(26)29-18-9-12(2)7-8-17(24)13(3)10-19-20(18)14(4)21(25)28-19/h6-7,10,18-20H,4,8-9,11H2,1-3,5H3. The highest BCUT2D eigenvalue weighted by molar-refractivity contribution is 5.96. The Bertz CT molecular complexity index is 828. The Morgan fingerprint density at radius 1 is 1.31 bits per heavy atom. The fraction of sp³-hybridized carbons (Fsp3) is 0.455. The summed E-state index contributed by atoms with van der Waals surface area (Å²) in [5.41, 5.74) is 1.70. The van der Waals surface area contributed by atoms with Gasteiger partial charge >= 0.3 is 17.9 Å². The van der Waals surface area contributed by atoms with E-state index in [2.05, 4.69) is 6.58 Å². The number of hydrogen-bond donors (Lipinski definition) is 0. The Kier molecular flexibility index (Phi) is 7.31. The van der Waals surface area contributed by atoms with Crippen molar-refractivity contribution < 1.29 is 33.4 Å². The molecule has 2 rings (SSSR count). The first-order valence-electron chi connectivity index (χ1n) is 9.40. The Labute approximate surface area is 170 Å². The quantitative estimate of drug-likeness (QED) is 0.309. The van der Waals surface area contributed by atoms with Crippen LogP contribution in [-0.4, -0.2) is 42.5 Å². The molecule has 0 saturated carbocycles. The minimum atomic E-state index is -0.745. The Hall–Kier alpha value is -2.96. The number of carbonyl (C=O) groups excluding carboxylic acids is 4. The summed E-state index contributed by atoms with van der Waals surface area (Å²) in [4.78, 5) is 48.1. The molecule has 0 spiro atoms. The molecular weight excluding hydrogens is 376 g/mol. The number of hydrogen-bond acceptors (Lipinski definition) is 7. The summed E-state index contributed by atoms with van der Waals surface area (Å²) >= 11 is 0. The van der Waals surface area contributed by atoms with Crippen molar-refractivity contribution in [3.05, 3.63) is 47.1 Å². The van der Waals surface area contributed by atoms with Crippen molar-refractivity contribution in [2.75, 3.05) is 6.61 Å². The summed E-state index contributed by atoms with van der Waals surface area (Å²) in [5.74, 6) is -2.42. The van der Waals surface area contributed by atoms with Gasteiger partial charge in [-0.05, 0) is 32.4 Å². The number of fused-ring (bicyclic) bond motifs is 1. The molecule has 0 N–H and O–H groups in total. The third-order valence-corrected chi connectivity index (χ3v) is 4.98. The number of allylic oxidation sites excluding steroid dienone is 3. The maximum Gasteiger partial charge on any atom is 0.337 e. The summed E-state index contributed by atoms with van der Waals surface area (Å²) < 4.78 is 16.0. The van der Waals surface area contributed by atoms with Gasteiger partial charge in [0.1, 0.15) is 18.8 Å². The molecular formula is C22H26O7. The molecule has 1 saturated heterocycles. The van der Waals surface area contributed by atoms with E-state index < -0.39 is 36.0 Å². The molecule has 1 aliphatic carbocycles. The van der Waals surface area contributed by atoms with Crippen molar-refractivity contribution in [1.29, 1.82) is 0 Å². The number of rotatable bonds is 4. The van der Waals surface area contributed by atoms with Gasteiger partial charge in [-0.1, -0.05) is 24.3 Å². The van der Waals surface area contributed by atoms with Gasteiger partial charge in [-0.3, -0.25) is 9.59 Å². The van der Waals surface area contributed by atoms with Crippen LogP contribution >= 0.6 is 0 Å². The van der Waals surface area contributed by atoms with Gasteiger partial charge in [0.25, 0.3) is 0 Å². The fourth-order valence-electron chi connectivity index (χ4n) is 3.24. The van der Waals surface area contributed by atoms with Gasteiger partial charge < -0.3 is 14.2 Å². The maximum atomic E-state index is 12.7. The van der Waals surface area contributed by atoms with Crippen molar-refractivity contribution in [2.24, 2.45) is 5.92 Å². The van der Waals surface area contributed by atoms with Crippen molar-refractivity contribution in [3.8, 4) is 0 Å². The van der Waals surface area contributed by atoms with Gasteiger partial charge in [-0.2, -0.15) is 0 Å². The average molecular weight is 402 g/mol. The molecule has 0 aromatic heterocycles. The molecule has 2 aliphatic rings. The monoisotopic (exact) mass is 402 g/mol. The number of carbonyl (C=O) groups is 4. The number of ether oxygens (including phenoxy) is 3. The molecule has 0 aromatic carbocycles. The van der Waals surface area contributed by atoms with Gasteiger partial charge in [-0.15, -0.1) is 0 Å². The van der Waals surface area contributed by atoms with Gasteiger partial charge in [0.2, 0.25) is 0 Å². The highest BCUT2D eigenvalue weighted by Crippen LogP contribution is 2.36. The second kappa shape index (κ2) is 9.49.